The molecule has 0 spiro atoms. The minimum atomic E-state index is 0.491. The molecule has 0 saturated heterocycles. The fourth-order valence-electron chi connectivity index (χ4n) is 2.02. The lowest BCUT2D eigenvalue weighted by Gasteiger charge is -2.13. The molecule has 2 aromatic carbocycles. The predicted molar refractivity (Wildman–Crippen MR) is 98.9 cm³/mol. The molecule has 0 aliphatic rings. The summed E-state index contributed by atoms with van der Waals surface area (Å²) in [6.45, 7) is 4.50. The van der Waals surface area contributed by atoms with Gasteiger partial charge in [0, 0.05) is 5.02 Å². The third-order valence-corrected chi connectivity index (χ3v) is 3.85. The Hall–Kier alpha value is -0.970. The van der Waals surface area contributed by atoms with Crippen LogP contribution in [0.1, 0.15) is 11.1 Å². The maximum absolute atomic E-state index is 5.87. The molecule has 5 heteroatoms. The highest BCUT2D eigenvalue weighted by atomic mass is 79.9. The SMILES string of the molecule is Cc1cc(Oc2ccc(Cl)cc2)cc(C)c1OCC=C(Br)Br. The molecule has 2 rings (SSSR count). The summed E-state index contributed by atoms with van der Waals surface area (Å²) in [5.41, 5.74) is 2.06. The van der Waals surface area contributed by atoms with E-state index in [1.165, 1.54) is 0 Å². The van der Waals surface area contributed by atoms with Gasteiger partial charge in [-0.15, -0.1) is 0 Å². The predicted octanol–water partition coefficient (Wildman–Crippen LogP) is 6.76. The highest BCUT2D eigenvalue weighted by Gasteiger charge is 2.08. The van der Waals surface area contributed by atoms with E-state index >= 15 is 0 Å². The Bertz CT molecular complexity index is 655. The van der Waals surface area contributed by atoms with E-state index in [9.17, 15) is 0 Å². The summed E-state index contributed by atoms with van der Waals surface area (Å²) in [5.74, 6) is 2.41. The number of benzene rings is 2. The van der Waals surface area contributed by atoms with Crippen LogP contribution in [-0.2, 0) is 0 Å². The van der Waals surface area contributed by atoms with Crippen molar-refractivity contribution >= 4 is 43.5 Å². The molecule has 2 aromatic rings. The van der Waals surface area contributed by atoms with Gasteiger partial charge in [0.25, 0.3) is 0 Å². The molecule has 0 aliphatic carbocycles. The van der Waals surface area contributed by atoms with Gasteiger partial charge in [-0.05, 0) is 99.3 Å². The lowest BCUT2D eigenvalue weighted by Crippen LogP contribution is -1.99. The van der Waals surface area contributed by atoms with Crippen molar-refractivity contribution < 1.29 is 9.47 Å². The van der Waals surface area contributed by atoms with Crippen molar-refractivity contribution in [3.8, 4) is 17.2 Å². The van der Waals surface area contributed by atoms with Gasteiger partial charge < -0.3 is 9.47 Å². The fourth-order valence-corrected chi connectivity index (χ4v) is 2.41. The minimum Gasteiger partial charge on any atom is -0.489 e. The van der Waals surface area contributed by atoms with Crippen molar-refractivity contribution in [2.45, 2.75) is 13.8 Å². The van der Waals surface area contributed by atoms with Gasteiger partial charge in [0.05, 0.1) is 3.39 Å². The van der Waals surface area contributed by atoms with Gasteiger partial charge >= 0.3 is 0 Å². The van der Waals surface area contributed by atoms with Gasteiger partial charge in [0.15, 0.2) is 0 Å². The van der Waals surface area contributed by atoms with E-state index in [0.717, 1.165) is 31.8 Å². The van der Waals surface area contributed by atoms with E-state index in [0.29, 0.717) is 11.6 Å². The second-order valence-corrected chi connectivity index (χ2v) is 7.96. The molecule has 0 aliphatic heterocycles. The van der Waals surface area contributed by atoms with Gasteiger partial charge in [-0.3, -0.25) is 0 Å². The first-order chi connectivity index (χ1) is 10.5. The first-order valence-electron chi connectivity index (χ1n) is 6.64. The number of halogens is 3. The molecule has 22 heavy (non-hydrogen) atoms. The Labute approximate surface area is 152 Å². The smallest absolute Gasteiger partial charge is 0.128 e. The van der Waals surface area contributed by atoms with Crippen LogP contribution >= 0.6 is 43.5 Å². The monoisotopic (exact) mass is 444 g/mol. The van der Waals surface area contributed by atoms with Crippen LogP contribution in [0.2, 0.25) is 5.02 Å². The van der Waals surface area contributed by atoms with Crippen molar-refractivity contribution in [2.75, 3.05) is 6.61 Å². The average molecular weight is 447 g/mol. The molecule has 0 bridgehead atoms. The van der Waals surface area contributed by atoms with Crippen molar-refractivity contribution in [2.24, 2.45) is 0 Å². The maximum Gasteiger partial charge on any atom is 0.128 e. The summed E-state index contributed by atoms with van der Waals surface area (Å²) in [6, 6.07) is 11.2. The summed E-state index contributed by atoms with van der Waals surface area (Å²) in [4.78, 5) is 0. The van der Waals surface area contributed by atoms with Crippen LogP contribution in [0.15, 0.2) is 45.9 Å². The molecule has 0 unspecified atom stereocenters. The van der Waals surface area contributed by atoms with Crippen LogP contribution in [0.25, 0.3) is 0 Å². The zero-order chi connectivity index (χ0) is 16.1. The van der Waals surface area contributed by atoms with E-state index in [4.69, 9.17) is 21.1 Å². The molecule has 0 heterocycles. The van der Waals surface area contributed by atoms with Crippen LogP contribution in [0.4, 0.5) is 0 Å². The molecule has 0 radical (unpaired) electrons. The first kappa shape index (κ1) is 17.4. The number of hydrogen-bond acceptors (Lipinski definition) is 2. The Balaban J connectivity index is 2.15. The molecule has 0 saturated carbocycles. The quantitative estimate of drug-likeness (QED) is 0.505. The second-order valence-electron chi connectivity index (χ2n) is 4.75. The van der Waals surface area contributed by atoms with E-state index in [1.807, 2.05) is 44.2 Å². The third kappa shape index (κ3) is 5.04. The standard InChI is InChI=1S/C17H15Br2ClO2/c1-11-9-15(22-14-5-3-13(20)4-6-14)10-12(2)17(11)21-8-7-16(18)19/h3-7,9-10H,8H2,1-2H3. The van der Waals surface area contributed by atoms with Crippen molar-refractivity contribution in [3.63, 3.8) is 0 Å². The van der Waals surface area contributed by atoms with E-state index in [-0.39, 0.29) is 0 Å². The van der Waals surface area contributed by atoms with Crippen LogP contribution in [-0.4, -0.2) is 6.61 Å². The normalized spacial score (nSPS) is 10.2. The van der Waals surface area contributed by atoms with Crippen LogP contribution in [0.3, 0.4) is 0 Å². The minimum absolute atomic E-state index is 0.491. The zero-order valence-corrected chi connectivity index (χ0v) is 16.1. The van der Waals surface area contributed by atoms with Crippen LogP contribution < -0.4 is 9.47 Å². The number of rotatable bonds is 5. The molecular weight excluding hydrogens is 431 g/mol. The highest BCUT2D eigenvalue weighted by Crippen LogP contribution is 2.31. The van der Waals surface area contributed by atoms with Gasteiger partial charge in [0.1, 0.15) is 23.9 Å². The molecule has 0 aromatic heterocycles. The average Bonchev–Trinajstić information content (AvgIpc) is 2.44. The van der Waals surface area contributed by atoms with E-state index < -0.39 is 0 Å². The fraction of sp³-hybridized carbons (Fsp3) is 0.176. The van der Waals surface area contributed by atoms with E-state index in [2.05, 4.69) is 31.9 Å². The van der Waals surface area contributed by atoms with Crippen molar-refractivity contribution in [1.82, 2.24) is 0 Å². The molecular formula is C17H15Br2ClO2. The Morgan fingerprint density at radius 3 is 2.18 bits per heavy atom. The lowest BCUT2D eigenvalue weighted by atomic mass is 10.1. The van der Waals surface area contributed by atoms with E-state index in [1.54, 1.807) is 12.1 Å². The number of aryl methyl sites for hydroxylation is 2. The van der Waals surface area contributed by atoms with Gasteiger partial charge in [-0.1, -0.05) is 11.6 Å². The molecule has 116 valence electrons. The highest BCUT2D eigenvalue weighted by molar-refractivity contribution is 9.28. The van der Waals surface area contributed by atoms with Gasteiger partial charge in [0.2, 0.25) is 0 Å². The summed E-state index contributed by atoms with van der Waals surface area (Å²) < 4.78 is 12.5. The Kier molecular flexibility index (Phi) is 6.36. The molecule has 0 fully saturated rings. The van der Waals surface area contributed by atoms with Gasteiger partial charge in [-0.25, -0.2) is 0 Å². The summed E-state index contributed by atoms with van der Waals surface area (Å²) in [7, 11) is 0. The second kappa shape index (κ2) is 8.04. The molecule has 0 atom stereocenters. The van der Waals surface area contributed by atoms with Crippen LogP contribution in [0, 0.1) is 13.8 Å². The van der Waals surface area contributed by atoms with Gasteiger partial charge in [-0.2, -0.15) is 0 Å². The Morgan fingerprint density at radius 1 is 1.05 bits per heavy atom. The molecule has 2 nitrogen and oxygen atoms in total. The summed E-state index contributed by atoms with van der Waals surface area (Å²) in [6.07, 6.45) is 1.90. The first-order valence-corrected chi connectivity index (χ1v) is 8.60. The summed E-state index contributed by atoms with van der Waals surface area (Å²) >= 11 is 12.5. The number of hydrogen-bond donors (Lipinski definition) is 0. The summed E-state index contributed by atoms with van der Waals surface area (Å²) in [5, 5.41) is 0.689. The zero-order valence-electron chi connectivity index (χ0n) is 12.2. The van der Waals surface area contributed by atoms with Crippen LogP contribution in [0.5, 0.6) is 17.2 Å². The number of ether oxygens (including phenoxy) is 2. The molecule has 0 N–H and O–H groups in total. The topological polar surface area (TPSA) is 18.5 Å². The maximum atomic E-state index is 5.87. The van der Waals surface area contributed by atoms with Crippen molar-refractivity contribution in [3.05, 3.63) is 62.0 Å². The third-order valence-electron chi connectivity index (χ3n) is 2.95. The lowest BCUT2D eigenvalue weighted by molar-refractivity contribution is 0.356. The molecule has 0 amide bonds. The van der Waals surface area contributed by atoms with Crippen molar-refractivity contribution in [1.29, 1.82) is 0 Å². The largest absolute Gasteiger partial charge is 0.489 e. The Morgan fingerprint density at radius 2 is 1.64 bits per heavy atom.